The van der Waals surface area contributed by atoms with Crippen LogP contribution in [0.4, 0.5) is 0 Å². The molecule has 2 atom stereocenters. The Morgan fingerprint density at radius 3 is 2.12 bits per heavy atom. The summed E-state index contributed by atoms with van der Waals surface area (Å²) in [5, 5.41) is 0. The number of hydrogen-bond donors (Lipinski definition) is 0. The summed E-state index contributed by atoms with van der Waals surface area (Å²) in [5.74, 6) is 1.78. The Morgan fingerprint density at radius 1 is 0.879 bits per heavy atom. The molecule has 3 heteroatoms. The Hall–Kier alpha value is -3.17. The van der Waals surface area contributed by atoms with E-state index in [-0.39, 0.29) is 6.04 Å². The summed E-state index contributed by atoms with van der Waals surface area (Å²) in [4.78, 5) is 7.97. The van der Waals surface area contributed by atoms with Gasteiger partial charge in [-0.15, -0.1) is 0 Å². The standard InChI is InChI=1S/C30H32N2O/c1-2-21-33-27-16-10-9-15-26(27)22-31-29-25-17-19-32(20-18-25)30(29)28(23-11-5-3-6-12-23)24-13-7-4-8-14-24/h2-16,22,25,28-30H,1,17-21H2/b31-22-. The third kappa shape index (κ3) is 4.65. The molecule has 3 nitrogen and oxygen atoms in total. The molecule has 3 aromatic rings. The molecule has 6 rings (SSSR count). The second kappa shape index (κ2) is 10.2. The molecule has 3 saturated heterocycles. The lowest BCUT2D eigenvalue weighted by atomic mass is 9.71. The number of para-hydroxylation sites is 1. The molecule has 2 unspecified atom stereocenters. The fourth-order valence-corrected chi connectivity index (χ4v) is 5.61. The van der Waals surface area contributed by atoms with Crippen molar-refractivity contribution in [3.8, 4) is 5.75 Å². The van der Waals surface area contributed by atoms with Gasteiger partial charge >= 0.3 is 0 Å². The Labute approximate surface area is 197 Å². The molecule has 0 radical (unpaired) electrons. The maximum Gasteiger partial charge on any atom is 0.128 e. The number of rotatable bonds is 8. The summed E-state index contributed by atoms with van der Waals surface area (Å²) < 4.78 is 5.88. The van der Waals surface area contributed by atoms with Crippen LogP contribution in [0.5, 0.6) is 5.75 Å². The lowest BCUT2D eigenvalue weighted by Crippen LogP contribution is -2.59. The lowest BCUT2D eigenvalue weighted by molar-refractivity contribution is 0.0215. The highest BCUT2D eigenvalue weighted by Gasteiger charge is 2.46. The van der Waals surface area contributed by atoms with Gasteiger partial charge in [0.25, 0.3) is 0 Å². The van der Waals surface area contributed by atoms with E-state index in [1.165, 1.54) is 24.0 Å². The van der Waals surface area contributed by atoms with Crippen LogP contribution >= 0.6 is 0 Å². The van der Waals surface area contributed by atoms with Gasteiger partial charge in [0.1, 0.15) is 12.4 Å². The quantitative estimate of drug-likeness (QED) is 0.321. The van der Waals surface area contributed by atoms with E-state index in [1.54, 1.807) is 6.08 Å². The van der Waals surface area contributed by atoms with Crippen molar-refractivity contribution in [3.05, 3.63) is 114 Å². The smallest absolute Gasteiger partial charge is 0.128 e. The van der Waals surface area contributed by atoms with Crippen molar-refractivity contribution in [2.45, 2.75) is 30.8 Å². The second-order valence-corrected chi connectivity index (χ2v) is 9.07. The summed E-state index contributed by atoms with van der Waals surface area (Å²) in [6.07, 6.45) is 6.28. The van der Waals surface area contributed by atoms with Crippen LogP contribution in [0, 0.1) is 5.92 Å². The Morgan fingerprint density at radius 2 is 1.48 bits per heavy atom. The highest BCUT2D eigenvalue weighted by Crippen LogP contribution is 2.43. The van der Waals surface area contributed by atoms with Gasteiger partial charge in [-0.25, -0.2) is 0 Å². The monoisotopic (exact) mass is 436 g/mol. The van der Waals surface area contributed by atoms with Crippen LogP contribution in [0.1, 0.15) is 35.4 Å². The Bertz CT molecular complexity index is 1030. The summed E-state index contributed by atoms with van der Waals surface area (Å²) in [6, 6.07) is 30.7. The van der Waals surface area contributed by atoms with Gasteiger partial charge in [-0.1, -0.05) is 85.5 Å². The van der Waals surface area contributed by atoms with Crippen LogP contribution in [0.25, 0.3) is 0 Å². The molecule has 3 aliphatic heterocycles. The van der Waals surface area contributed by atoms with Gasteiger partial charge in [-0.05, 0) is 55.1 Å². The molecule has 0 saturated carbocycles. The van der Waals surface area contributed by atoms with E-state index >= 15 is 0 Å². The van der Waals surface area contributed by atoms with Crippen molar-refractivity contribution in [2.24, 2.45) is 10.9 Å². The van der Waals surface area contributed by atoms with Crippen LogP contribution in [0.3, 0.4) is 0 Å². The van der Waals surface area contributed by atoms with Gasteiger partial charge in [0.05, 0.1) is 6.04 Å². The maximum atomic E-state index is 5.88. The predicted octanol–water partition coefficient (Wildman–Crippen LogP) is 5.97. The second-order valence-electron chi connectivity index (χ2n) is 9.07. The minimum Gasteiger partial charge on any atom is -0.489 e. The van der Waals surface area contributed by atoms with Crippen molar-refractivity contribution < 1.29 is 4.74 Å². The highest BCUT2D eigenvalue weighted by molar-refractivity contribution is 5.83. The first-order chi connectivity index (χ1) is 16.3. The van der Waals surface area contributed by atoms with Crippen molar-refractivity contribution in [2.75, 3.05) is 19.7 Å². The molecule has 3 aromatic carbocycles. The SMILES string of the molecule is C=CCOc1ccccc1/C=N\C1C2CCN(CC2)C1C(c1ccccc1)c1ccccc1. The minimum atomic E-state index is 0.255. The average Bonchev–Trinajstić information content (AvgIpc) is 2.89. The van der Waals surface area contributed by atoms with Crippen molar-refractivity contribution >= 4 is 6.21 Å². The average molecular weight is 437 g/mol. The summed E-state index contributed by atoms with van der Waals surface area (Å²) in [5.41, 5.74) is 3.78. The zero-order chi connectivity index (χ0) is 22.5. The molecular formula is C30H32N2O. The van der Waals surface area contributed by atoms with E-state index in [1.807, 2.05) is 24.4 Å². The zero-order valence-corrected chi connectivity index (χ0v) is 19.1. The number of benzene rings is 3. The molecule has 0 aliphatic carbocycles. The van der Waals surface area contributed by atoms with Crippen molar-refractivity contribution in [1.82, 2.24) is 4.90 Å². The fourth-order valence-electron chi connectivity index (χ4n) is 5.61. The number of aliphatic imine (C=N–C) groups is 1. The first-order valence-electron chi connectivity index (χ1n) is 12.0. The number of fused-ring (bicyclic) bond motifs is 3. The molecule has 3 fully saturated rings. The zero-order valence-electron chi connectivity index (χ0n) is 19.1. The predicted molar refractivity (Wildman–Crippen MR) is 136 cm³/mol. The summed E-state index contributed by atoms with van der Waals surface area (Å²) >= 11 is 0. The molecule has 0 spiro atoms. The number of piperidine rings is 3. The van der Waals surface area contributed by atoms with E-state index < -0.39 is 0 Å². The van der Waals surface area contributed by atoms with Crippen molar-refractivity contribution in [3.63, 3.8) is 0 Å². The fraction of sp³-hybridized carbons (Fsp3) is 0.300. The van der Waals surface area contributed by atoms with Crippen LogP contribution in [0.2, 0.25) is 0 Å². The third-order valence-electron chi connectivity index (χ3n) is 7.15. The normalized spacial score (nSPS) is 24.3. The molecule has 3 heterocycles. The number of nitrogens with zero attached hydrogens (tertiary/aromatic N) is 2. The maximum absolute atomic E-state index is 5.88. The summed E-state index contributed by atoms with van der Waals surface area (Å²) in [7, 11) is 0. The molecule has 2 bridgehead atoms. The molecule has 33 heavy (non-hydrogen) atoms. The van der Waals surface area contributed by atoms with Crippen LogP contribution in [-0.4, -0.2) is 42.9 Å². The van der Waals surface area contributed by atoms with E-state index in [0.29, 0.717) is 24.5 Å². The lowest BCUT2D eigenvalue weighted by Gasteiger charge is -2.52. The molecule has 0 amide bonds. The number of hydrogen-bond acceptors (Lipinski definition) is 3. The van der Waals surface area contributed by atoms with Gasteiger partial charge in [0.15, 0.2) is 0 Å². The van der Waals surface area contributed by atoms with Gasteiger partial charge < -0.3 is 4.74 Å². The molecule has 0 aromatic heterocycles. The minimum absolute atomic E-state index is 0.255. The third-order valence-corrected chi connectivity index (χ3v) is 7.15. The molecule has 0 N–H and O–H groups in total. The van der Waals surface area contributed by atoms with Gasteiger partial charge in [-0.2, -0.15) is 0 Å². The van der Waals surface area contributed by atoms with E-state index in [0.717, 1.165) is 24.4 Å². The first-order valence-corrected chi connectivity index (χ1v) is 12.0. The Balaban J connectivity index is 1.52. The van der Waals surface area contributed by atoms with Crippen LogP contribution in [-0.2, 0) is 0 Å². The van der Waals surface area contributed by atoms with Crippen LogP contribution < -0.4 is 4.74 Å². The highest BCUT2D eigenvalue weighted by atomic mass is 16.5. The molecule has 168 valence electrons. The van der Waals surface area contributed by atoms with Gasteiger partial charge in [-0.3, -0.25) is 9.89 Å². The van der Waals surface area contributed by atoms with Crippen LogP contribution in [0.15, 0.2) is 103 Å². The number of ether oxygens (including phenoxy) is 1. The van der Waals surface area contributed by atoms with Gasteiger partial charge in [0.2, 0.25) is 0 Å². The molecular weight excluding hydrogens is 404 g/mol. The summed E-state index contributed by atoms with van der Waals surface area (Å²) in [6.45, 7) is 6.60. The molecule has 3 aliphatic rings. The van der Waals surface area contributed by atoms with E-state index in [4.69, 9.17) is 9.73 Å². The van der Waals surface area contributed by atoms with Gasteiger partial charge in [0, 0.05) is 23.7 Å². The van der Waals surface area contributed by atoms with Crippen molar-refractivity contribution in [1.29, 1.82) is 0 Å². The largest absolute Gasteiger partial charge is 0.489 e. The van der Waals surface area contributed by atoms with E-state index in [9.17, 15) is 0 Å². The Kier molecular flexibility index (Phi) is 6.68. The van der Waals surface area contributed by atoms with E-state index in [2.05, 4.69) is 78.2 Å². The topological polar surface area (TPSA) is 24.8 Å². The first kappa shape index (κ1) is 21.7.